The summed E-state index contributed by atoms with van der Waals surface area (Å²) in [7, 11) is 3.24. The Morgan fingerprint density at radius 2 is 2.12 bits per heavy atom. The van der Waals surface area contributed by atoms with E-state index in [2.05, 4.69) is 32.2 Å². The molecule has 6 nitrogen and oxygen atoms in total. The maximum atomic E-state index is 11.7. The van der Waals surface area contributed by atoms with Gasteiger partial charge >= 0.3 is 6.09 Å². The number of alkyl carbamates (subject to hydrolysis) is 1. The fraction of sp³-hybridized carbons (Fsp3) is 0.833. The molecule has 6 heteroatoms. The largest absolute Gasteiger partial charge is 0.443 e. The van der Waals surface area contributed by atoms with Gasteiger partial charge in [-0.25, -0.2) is 4.79 Å². The molecule has 1 spiro atoms. The topological polar surface area (TPSA) is 72.6 Å². The number of methoxy groups -OCH3 is 1. The zero-order chi connectivity index (χ0) is 17.5. The summed E-state index contributed by atoms with van der Waals surface area (Å²) in [5.41, 5.74) is 0.809. The van der Waals surface area contributed by atoms with Gasteiger partial charge in [-0.2, -0.15) is 0 Å². The van der Waals surface area contributed by atoms with Gasteiger partial charge in [-0.05, 0) is 40.0 Å². The van der Waals surface area contributed by atoms with Crippen LogP contribution in [0.4, 0.5) is 4.79 Å². The molecular formula is C18H29NO5. The van der Waals surface area contributed by atoms with E-state index < -0.39 is 6.09 Å². The molecule has 0 aromatic rings. The van der Waals surface area contributed by atoms with Crippen molar-refractivity contribution in [1.29, 1.82) is 0 Å². The van der Waals surface area contributed by atoms with Crippen LogP contribution in [0.3, 0.4) is 0 Å². The first-order valence-corrected chi connectivity index (χ1v) is 8.72. The molecule has 3 aliphatic rings. The normalized spacial score (nSPS) is 43.2. The van der Waals surface area contributed by atoms with Gasteiger partial charge in [-0.15, -0.1) is 0 Å². The quantitative estimate of drug-likeness (QED) is 0.615. The van der Waals surface area contributed by atoms with Crippen molar-refractivity contribution in [3.63, 3.8) is 0 Å². The Hall–Kier alpha value is -1.11. The molecule has 3 unspecified atom stereocenters. The maximum absolute atomic E-state index is 11.7. The van der Waals surface area contributed by atoms with Gasteiger partial charge in [0.2, 0.25) is 0 Å². The highest BCUT2D eigenvalue weighted by Gasteiger charge is 2.72. The number of ether oxygens (including phenoxy) is 4. The molecule has 1 N–H and O–H groups in total. The second-order valence-corrected chi connectivity index (χ2v) is 7.57. The monoisotopic (exact) mass is 339 g/mol. The minimum absolute atomic E-state index is 0.0639. The van der Waals surface area contributed by atoms with Gasteiger partial charge in [0.1, 0.15) is 23.4 Å². The number of epoxide rings is 2. The minimum Gasteiger partial charge on any atom is -0.443 e. The fourth-order valence-corrected chi connectivity index (χ4v) is 4.27. The Labute approximate surface area is 143 Å². The van der Waals surface area contributed by atoms with Crippen LogP contribution < -0.4 is 5.32 Å². The molecule has 3 fully saturated rings. The summed E-state index contributed by atoms with van der Waals surface area (Å²) in [6.07, 6.45) is 3.96. The predicted molar refractivity (Wildman–Crippen MR) is 88.9 cm³/mol. The number of nitrogens with one attached hydrogen (secondary N) is 1. The van der Waals surface area contributed by atoms with Crippen molar-refractivity contribution in [2.24, 2.45) is 5.92 Å². The van der Waals surface area contributed by atoms with Crippen molar-refractivity contribution in [2.45, 2.75) is 69.5 Å². The number of amides is 1. The van der Waals surface area contributed by atoms with Crippen LogP contribution in [-0.4, -0.2) is 56.4 Å². The van der Waals surface area contributed by atoms with E-state index in [9.17, 15) is 4.79 Å². The van der Waals surface area contributed by atoms with Gasteiger partial charge in [0.15, 0.2) is 0 Å². The summed E-state index contributed by atoms with van der Waals surface area (Å²) < 4.78 is 23.3. The summed E-state index contributed by atoms with van der Waals surface area (Å²) in [5, 5.41) is 2.52. The van der Waals surface area contributed by atoms with E-state index in [0.717, 1.165) is 25.9 Å². The summed E-state index contributed by atoms with van der Waals surface area (Å²) >= 11 is 0. The van der Waals surface area contributed by atoms with Gasteiger partial charge in [-0.3, -0.25) is 0 Å². The second-order valence-electron chi connectivity index (χ2n) is 7.57. The summed E-state index contributed by atoms with van der Waals surface area (Å²) in [6.45, 7) is 7.06. The van der Waals surface area contributed by atoms with E-state index in [1.165, 1.54) is 5.57 Å². The molecule has 3 rings (SSSR count). The maximum Gasteiger partial charge on any atom is 0.407 e. The average Bonchev–Trinajstić information content (AvgIpc) is 3.45. The van der Waals surface area contributed by atoms with Crippen molar-refractivity contribution in [3.05, 3.63) is 11.6 Å². The molecule has 0 aromatic carbocycles. The lowest BCUT2D eigenvalue weighted by atomic mass is 9.68. The van der Waals surface area contributed by atoms with E-state index in [4.69, 9.17) is 18.9 Å². The molecule has 2 aliphatic heterocycles. The first-order valence-electron chi connectivity index (χ1n) is 8.72. The number of rotatable bonds is 5. The molecule has 0 bridgehead atoms. The summed E-state index contributed by atoms with van der Waals surface area (Å²) in [5.74, 6) is 0.0639. The number of hydrogen-bond donors (Lipinski definition) is 1. The third kappa shape index (κ3) is 3.07. The SMILES string of the molecule is CNC(=O)OC1CC[C@]2(CO2)C([C@@]2(C)O[C@@H]2CC=C(C)C)C1OC. The zero-order valence-corrected chi connectivity index (χ0v) is 15.3. The smallest absolute Gasteiger partial charge is 0.407 e. The highest BCUT2D eigenvalue weighted by molar-refractivity contribution is 5.67. The third-order valence-electron chi connectivity index (χ3n) is 5.70. The van der Waals surface area contributed by atoms with Crippen LogP contribution in [0.5, 0.6) is 0 Å². The molecule has 136 valence electrons. The Balaban J connectivity index is 1.78. The van der Waals surface area contributed by atoms with Crippen LogP contribution in [0.15, 0.2) is 11.6 Å². The molecule has 1 saturated carbocycles. The van der Waals surface area contributed by atoms with E-state index in [1.807, 2.05) is 0 Å². The van der Waals surface area contributed by atoms with Crippen LogP contribution in [0.25, 0.3) is 0 Å². The minimum atomic E-state index is -0.420. The number of allylic oxidation sites excluding steroid dienone is 1. The van der Waals surface area contributed by atoms with Crippen molar-refractivity contribution >= 4 is 6.09 Å². The van der Waals surface area contributed by atoms with E-state index >= 15 is 0 Å². The standard InChI is InChI=1S/C18H29NO5/c1-11(2)6-7-13-17(3,24-13)15-14(21-5)12(23-16(20)19-4)8-9-18(15)10-22-18/h6,12-15H,7-10H2,1-5H3,(H,19,20)/t12?,13-,14?,15?,17+,18+/m1/s1. The third-order valence-corrected chi connectivity index (χ3v) is 5.70. The van der Waals surface area contributed by atoms with E-state index in [1.54, 1.807) is 14.2 Å². The molecule has 6 atom stereocenters. The van der Waals surface area contributed by atoms with E-state index in [0.29, 0.717) is 0 Å². The second kappa shape index (κ2) is 6.32. The summed E-state index contributed by atoms with van der Waals surface area (Å²) in [4.78, 5) is 11.7. The highest BCUT2D eigenvalue weighted by Crippen LogP contribution is 2.59. The van der Waals surface area contributed by atoms with Crippen molar-refractivity contribution in [1.82, 2.24) is 5.32 Å². The highest BCUT2D eigenvalue weighted by atomic mass is 16.6. The number of hydrogen-bond acceptors (Lipinski definition) is 5. The van der Waals surface area contributed by atoms with Crippen LogP contribution >= 0.6 is 0 Å². The van der Waals surface area contributed by atoms with Gasteiger partial charge in [0, 0.05) is 14.2 Å². The van der Waals surface area contributed by atoms with Crippen LogP contribution in [0, 0.1) is 5.92 Å². The zero-order valence-electron chi connectivity index (χ0n) is 15.3. The van der Waals surface area contributed by atoms with Gasteiger partial charge < -0.3 is 24.3 Å². The Morgan fingerprint density at radius 1 is 1.42 bits per heavy atom. The first kappa shape index (κ1) is 17.7. The predicted octanol–water partition coefficient (Wildman–Crippen LogP) is 2.42. The number of carbonyl (C=O) groups is 1. The van der Waals surface area contributed by atoms with Crippen molar-refractivity contribution in [2.75, 3.05) is 20.8 Å². The molecule has 2 saturated heterocycles. The van der Waals surface area contributed by atoms with Gasteiger partial charge in [0.25, 0.3) is 0 Å². The van der Waals surface area contributed by atoms with Crippen molar-refractivity contribution in [3.8, 4) is 0 Å². The Morgan fingerprint density at radius 3 is 2.67 bits per heavy atom. The van der Waals surface area contributed by atoms with Gasteiger partial charge in [0.05, 0.1) is 18.6 Å². The molecule has 1 amide bonds. The number of carbonyl (C=O) groups excluding carboxylic acids is 1. The molecule has 1 aliphatic carbocycles. The first-order chi connectivity index (χ1) is 11.4. The Kier molecular flexibility index (Phi) is 4.66. The lowest BCUT2D eigenvalue weighted by Gasteiger charge is -2.42. The molecule has 0 radical (unpaired) electrons. The van der Waals surface area contributed by atoms with E-state index in [-0.39, 0.29) is 35.4 Å². The molecular weight excluding hydrogens is 310 g/mol. The average molecular weight is 339 g/mol. The summed E-state index contributed by atoms with van der Waals surface area (Å²) in [6, 6.07) is 0. The Bertz CT molecular complexity index is 526. The van der Waals surface area contributed by atoms with Crippen LogP contribution in [-0.2, 0) is 18.9 Å². The fourth-order valence-electron chi connectivity index (χ4n) is 4.27. The lowest BCUT2D eigenvalue weighted by molar-refractivity contribution is -0.117. The molecule has 0 aromatic heterocycles. The lowest BCUT2D eigenvalue weighted by Crippen LogP contribution is -2.56. The van der Waals surface area contributed by atoms with Crippen LogP contribution in [0.1, 0.15) is 40.0 Å². The molecule has 24 heavy (non-hydrogen) atoms. The van der Waals surface area contributed by atoms with Crippen LogP contribution in [0.2, 0.25) is 0 Å². The molecule has 2 heterocycles. The van der Waals surface area contributed by atoms with Gasteiger partial charge in [-0.1, -0.05) is 11.6 Å². The van der Waals surface area contributed by atoms with Crippen molar-refractivity contribution < 1.29 is 23.7 Å².